The Balaban J connectivity index is 2.70. The lowest BCUT2D eigenvalue weighted by Crippen LogP contribution is -2.01. The summed E-state index contributed by atoms with van der Waals surface area (Å²) in [5, 5.41) is 27.6. The number of nitrogens with two attached hydrogens (primary N) is 1. The molecular formula is C10H9N5O4. The molecule has 9 heteroatoms. The smallest absolute Gasteiger partial charge is 0.356 e. The van der Waals surface area contributed by atoms with Gasteiger partial charge in [-0.3, -0.25) is 10.1 Å². The van der Waals surface area contributed by atoms with Gasteiger partial charge in [-0.15, -0.1) is 5.11 Å². The van der Waals surface area contributed by atoms with Crippen LogP contribution in [0, 0.1) is 10.1 Å². The number of primary amides is 1. The number of nitro groups is 1. The molecule has 0 aliphatic rings. The van der Waals surface area contributed by atoms with Crippen LogP contribution in [0.4, 0.5) is 16.2 Å². The molecule has 0 spiro atoms. The Kier molecular flexibility index (Phi) is 2.87. The van der Waals surface area contributed by atoms with Gasteiger partial charge in [0.2, 0.25) is 5.88 Å². The third-order valence-electron chi connectivity index (χ3n) is 2.59. The summed E-state index contributed by atoms with van der Waals surface area (Å²) in [7, 11) is 1.50. The van der Waals surface area contributed by atoms with Crippen LogP contribution >= 0.6 is 0 Å². The van der Waals surface area contributed by atoms with E-state index in [-0.39, 0.29) is 17.3 Å². The summed E-state index contributed by atoms with van der Waals surface area (Å²) in [4.78, 5) is 20.7. The van der Waals surface area contributed by atoms with Crippen LogP contribution in [0.5, 0.6) is 5.88 Å². The Morgan fingerprint density at radius 2 is 2.21 bits per heavy atom. The van der Waals surface area contributed by atoms with Gasteiger partial charge in [0.1, 0.15) is 0 Å². The minimum absolute atomic E-state index is 0.0335. The number of nitrogens with zero attached hydrogens (tertiary/aromatic N) is 4. The number of hydrogen-bond acceptors (Lipinski definition) is 5. The Labute approximate surface area is 106 Å². The maximum atomic E-state index is 10.7. The molecule has 0 aliphatic heterocycles. The lowest BCUT2D eigenvalue weighted by molar-refractivity contribution is -0.384. The average molecular weight is 263 g/mol. The van der Waals surface area contributed by atoms with Gasteiger partial charge < -0.3 is 15.4 Å². The molecule has 0 aliphatic carbocycles. The summed E-state index contributed by atoms with van der Waals surface area (Å²) >= 11 is 0. The van der Waals surface area contributed by atoms with Crippen molar-refractivity contribution in [2.75, 3.05) is 0 Å². The van der Waals surface area contributed by atoms with Crippen molar-refractivity contribution in [2.24, 2.45) is 23.0 Å². The third-order valence-corrected chi connectivity index (χ3v) is 2.59. The highest BCUT2D eigenvalue weighted by Gasteiger charge is 2.17. The molecule has 1 heterocycles. The number of amides is 2. The van der Waals surface area contributed by atoms with Crippen molar-refractivity contribution >= 4 is 28.3 Å². The van der Waals surface area contributed by atoms with E-state index in [1.54, 1.807) is 0 Å². The number of nitro benzene ring substituents is 1. The molecule has 2 aromatic rings. The second-order valence-electron chi connectivity index (χ2n) is 3.73. The van der Waals surface area contributed by atoms with Crippen molar-refractivity contribution < 1.29 is 14.8 Å². The van der Waals surface area contributed by atoms with Crippen molar-refractivity contribution in [3.63, 3.8) is 0 Å². The number of non-ortho nitro benzene ring substituents is 1. The van der Waals surface area contributed by atoms with Gasteiger partial charge in [0.15, 0.2) is 5.69 Å². The van der Waals surface area contributed by atoms with Crippen LogP contribution in [-0.2, 0) is 7.05 Å². The first kappa shape index (κ1) is 12.5. The van der Waals surface area contributed by atoms with E-state index in [1.807, 2.05) is 0 Å². The van der Waals surface area contributed by atoms with Crippen LogP contribution in [-0.4, -0.2) is 20.6 Å². The Hall–Kier alpha value is -2.97. The number of aromatic hydroxyl groups is 1. The van der Waals surface area contributed by atoms with E-state index < -0.39 is 11.0 Å². The molecule has 0 fully saturated rings. The summed E-state index contributed by atoms with van der Waals surface area (Å²) in [5.41, 5.74) is 5.14. The van der Waals surface area contributed by atoms with Crippen LogP contribution < -0.4 is 5.73 Å². The normalized spacial score (nSPS) is 11.2. The molecule has 0 bridgehead atoms. The van der Waals surface area contributed by atoms with Crippen LogP contribution in [0.25, 0.3) is 10.9 Å². The molecule has 0 unspecified atom stereocenters. The Morgan fingerprint density at radius 1 is 1.53 bits per heavy atom. The van der Waals surface area contributed by atoms with Crippen LogP contribution in [0.3, 0.4) is 0 Å². The van der Waals surface area contributed by atoms with Crippen molar-refractivity contribution in [3.05, 3.63) is 28.3 Å². The van der Waals surface area contributed by atoms with E-state index >= 15 is 0 Å². The molecule has 2 rings (SSSR count). The highest BCUT2D eigenvalue weighted by molar-refractivity contribution is 5.96. The van der Waals surface area contributed by atoms with Crippen molar-refractivity contribution in [1.82, 2.24) is 4.57 Å². The topological polar surface area (TPSA) is 136 Å². The molecule has 0 saturated carbocycles. The van der Waals surface area contributed by atoms with Gasteiger partial charge in [-0.05, 0) is 6.07 Å². The number of rotatable bonds is 2. The van der Waals surface area contributed by atoms with E-state index in [2.05, 4.69) is 10.2 Å². The molecule has 0 saturated heterocycles. The zero-order chi connectivity index (χ0) is 14.2. The van der Waals surface area contributed by atoms with Gasteiger partial charge in [-0.1, -0.05) is 5.11 Å². The van der Waals surface area contributed by atoms with Gasteiger partial charge >= 0.3 is 6.03 Å². The highest BCUT2D eigenvalue weighted by Crippen LogP contribution is 2.39. The van der Waals surface area contributed by atoms with Gasteiger partial charge in [0.05, 0.1) is 10.4 Å². The SMILES string of the molecule is Cn1c(O)c(N=NC(N)=O)c2ccc([N+](=O)[O-])cc21. The summed E-state index contributed by atoms with van der Waals surface area (Å²) in [6.07, 6.45) is 0. The zero-order valence-corrected chi connectivity index (χ0v) is 9.77. The molecule has 2 amide bonds. The lowest BCUT2D eigenvalue weighted by atomic mass is 10.2. The largest absolute Gasteiger partial charge is 0.493 e. The molecule has 1 aromatic carbocycles. The minimum atomic E-state index is -1.00. The van der Waals surface area contributed by atoms with Gasteiger partial charge in [0, 0.05) is 24.6 Å². The third kappa shape index (κ3) is 2.08. The average Bonchev–Trinajstić information content (AvgIpc) is 2.59. The molecule has 98 valence electrons. The number of fused-ring (bicyclic) bond motifs is 1. The standard InChI is InChI=1S/C10H9N5O4/c1-14-7-4-5(15(18)19)2-3-6(7)8(9(14)16)12-13-10(11)17/h2-4,16H,1H3,(H2,11,17). The predicted octanol–water partition coefficient (Wildman–Crippen LogP) is 1.95. The Bertz CT molecular complexity index is 718. The van der Waals surface area contributed by atoms with E-state index in [0.29, 0.717) is 10.9 Å². The lowest BCUT2D eigenvalue weighted by Gasteiger charge is -1.96. The van der Waals surface area contributed by atoms with E-state index in [9.17, 15) is 20.0 Å². The summed E-state index contributed by atoms with van der Waals surface area (Å²) < 4.78 is 1.30. The number of aryl methyl sites for hydroxylation is 1. The fourth-order valence-corrected chi connectivity index (χ4v) is 1.70. The summed E-state index contributed by atoms with van der Waals surface area (Å²) in [6, 6.07) is 2.98. The monoisotopic (exact) mass is 263 g/mol. The van der Waals surface area contributed by atoms with Crippen molar-refractivity contribution in [1.29, 1.82) is 0 Å². The quantitative estimate of drug-likeness (QED) is 0.486. The highest BCUT2D eigenvalue weighted by atomic mass is 16.6. The predicted molar refractivity (Wildman–Crippen MR) is 65.3 cm³/mol. The number of carbonyl (C=O) groups excluding carboxylic acids is 1. The van der Waals surface area contributed by atoms with E-state index in [4.69, 9.17) is 5.73 Å². The number of benzene rings is 1. The molecule has 9 nitrogen and oxygen atoms in total. The van der Waals surface area contributed by atoms with Gasteiger partial charge in [-0.25, -0.2) is 4.79 Å². The second-order valence-corrected chi connectivity index (χ2v) is 3.73. The number of hydrogen-bond donors (Lipinski definition) is 2. The van der Waals surface area contributed by atoms with Gasteiger partial charge in [0.25, 0.3) is 5.69 Å². The fraction of sp³-hybridized carbons (Fsp3) is 0.100. The summed E-state index contributed by atoms with van der Waals surface area (Å²) in [5.74, 6) is -0.263. The summed E-state index contributed by atoms with van der Waals surface area (Å²) in [6.45, 7) is 0. The fourth-order valence-electron chi connectivity index (χ4n) is 1.70. The maximum Gasteiger partial charge on any atom is 0.356 e. The van der Waals surface area contributed by atoms with Gasteiger partial charge in [-0.2, -0.15) is 0 Å². The molecular weight excluding hydrogens is 254 g/mol. The molecule has 0 radical (unpaired) electrons. The number of azo groups is 1. The van der Waals surface area contributed by atoms with E-state index in [1.165, 1.54) is 29.8 Å². The second kappa shape index (κ2) is 4.37. The van der Waals surface area contributed by atoms with E-state index in [0.717, 1.165) is 0 Å². The van der Waals surface area contributed by atoms with Crippen LogP contribution in [0.1, 0.15) is 0 Å². The first-order chi connectivity index (χ1) is 8.91. The maximum absolute atomic E-state index is 10.7. The molecule has 1 aromatic heterocycles. The minimum Gasteiger partial charge on any atom is -0.493 e. The van der Waals surface area contributed by atoms with Crippen molar-refractivity contribution in [2.45, 2.75) is 0 Å². The Morgan fingerprint density at radius 3 is 2.79 bits per heavy atom. The number of aromatic nitrogens is 1. The molecule has 3 N–H and O–H groups in total. The first-order valence-electron chi connectivity index (χ1n) is 5.08. The first-order valence-corrected chi connectivity index (χ1v) is 5.08. The number of carbonyl (C=O) groups is 1. The zero-order valence-electron chi connectivity index (χ0n) is 9.77. The number of urea groups is 1. The van der Waals surface area contributed by atoms with Crippen LogP contribution in [0.15, 0.2) is 28.4 Å². The van der Waals surface area contributed by atoms with Crippen molar-refractivity contribution in [3.8, 4) is 5.88 Å². The molecule has 19 heavy (non-hydrogen) atoms. The molecule has 0 atom stereocenters. The van der Waals surface area contributed by atoms with Crippen LogP contribution in [0.2, 0.25) is 0 Å².